The fourth-order valence-electron chi connectivity index (χ4n) is 3.96. The molecule has 1 aliphatic rings. The Hall–Kier alpha value is -1.96. The lowest BCUT2D eigenvalue weighted by Gasteiger charge is -2.29. The molecule has 2 aromatic rings. The van der Waals surface area contributed by atoms with Gasteiger partial charge in [-0.25, -0.2) is 8.78 Å². The average molecular weight is 340 g/mol. The third kappa shape index (κ3) is 5.01. The minimum Gasteiger partial charge on any atom is -0.216 e. The van der Waals surface area contributed by atoms with Crippen LogP contribution in [0, 0.1) is 11.7 Å². The molecule has 1 aliphatic carbocycles. The van der Waals surface area contributed by atoms with Crippen LogP contribution >= 0.6 is 0 Å². The second-order valence-corrected chi connectivity index (χ2v) is 7.14. The van der Waals surface area contributed by atoms with Gasteiger partial charge >= 0.3 is 0 Å². The molecule has 0 unspecified atom stereocenters. The third-order valence-electron chi connectivity index (χ3n) is 5.48. The van der Waals surface area contributed by atoms with Crippen molar-refractivity contribution in [1.82, 2.24) is 0 Å². The number of rotatable bonds is 6. The van der Waals surface area contributed by atoms with Crippen LogP contribution in [0.4, 0.5) is 8.78 Å². The normalized spacial score (nSPS) is 20.9. The summed E-state index contributed by atoms with van der Waals surface area (Å²) in [6.07, 6.45) is 10.5. The minimum absolute atomic E-state index is 0.196. The molecule has 132 valence electrons. The van der Waals surface area contributed by atoms with Gasteiger partial charge in [0.1, 0.15) is 5.82 Å². The molecule has 0 nitrogen and oxygen atoms in total. The fraction of sp³-hybridized carbons (Fsp3) is 0.391. The zero-order valence-corrected chi connectivity index (χ0v) is 14.6. The molecular weight excluding hydrogens is 314 g/mol. The zero-order chi connectivity index (χ0) is 17.5. The van der Waals surface area contributed by atoms with Crippen LogP contribution in [0.1, 0.15) is 56.4 Å². The van der Waals surface area contributed by atoms with Crippen molar-refractivity contribution in [3.63, 3.8) is 0 Å². The van der Waals surface area contributed by atoms with Gasteiger partial charge in [-0.05, 0) is 79.2 Å². The van der Waals surface area contributed by atoms with Crippen LogP contribution in [-0.4, -0.2) is 0 Å². The maximum absolute atomic E-state index is 13.0. The lowest BCUT2D eigenvalue weighted by Crippen LogP contribution is -2.13. The van der Waals surface area contributed by atoms with E-state index in [9.17, 15) is 8.78 Å². The van der Waals surface area contributed by atoms with Gasteiger partial charge in [0, 0.05) is 0 Å². The first-order valence-electron chi connectivity index (χ1n) is 9.37. The van der Waals surface area contributed by atoms with Crippen LogP contribution in [0.2, 0.25) is 0 Å². The van der Waals surface area contributed by atoms with E-state index in [1.807, 2.05) is 12.1 Å². The van der Waals surface area contributed by atoms with Gasteiger partial charge in [-0.15, -0.1) is 0 Å². The predicted octanol–water partition coefficient (Wildman–Crippen LogP) is 7.42. The number of unbranched alkanes of at least 4 members (excludes halogenated alkanes) is 1. The van der Waals surface area contributed by atoms with E-state index in [-0.39, 0.29) is 5.82 Å². The molecule has 25 heavy (non-hydrogen) atoms. The molecule has 3 rings (SSSR count). The van der Waals surface area contributed by atoms with Crippen molar-refractivity contribution in [2.75, 3.05) is 0 Å². The SMILES string of the molecule is F/C=C/CCC[C@H]1CC[C@H](c2ccc(-c3ccc(F)cc3)cc2)CC1. The summed E-state index contributed by atoms with van der Waals surface area (Å²) in [5.74, 6) is 1.27. The third-order valence-corrected chi connectivity index (χ3v) is 5.48. The van der Waals surface area contributed by atoms with E-state index in [4.69, 9.17) is 0 Å². The Morgan fingerprint density at radius 2 is 1.44 bits per heavy atom. The number of allylic oxidation sites excluding steroid dienone is 1. The molecule has 1 fully saturated rings. The second-order valence-electron chi connectivity index (χ2n) is 7.14. The zero-order valence-electron chi connectivity index (χ0n) is 14.6. The van der Waals surface area contributed by atoms with Gasteiger partial charge < -0.3 is 0 Å². The summed E-state index contributed by atoms with van der Waals surface area (Å²) in [6.45, 7) is 0. The van der Waals surface area contributed by atoms with Crippen LogP contribution in [0.15, 0.2) is 60.9 Å². The molecule has 0 N–H and O–H groups in total. The van der Waals surface area contributed by atoms with Crippen LogP contribution in [-0.2, 0) is 0 Å². The van der Waals surface area contributed by atoms with Gasteiger partial charge in [0.15, 0.2) is 0 Å². The highest BCUT2D eigenvalue weighted by Gasteiger charge is 2.21. The standard InChI is InChI=1S/C23H26F2/c24-17-3-1-2-4-18-5-7-19(8-6-18)20-9-11-21(12-10-20)22-13-15-23(25)16-14-22/h3,9-19H,1-2,4-8H2/b17-3+/t18-,19-. The van der Waals surface area contributed by atoms with E-state index in [0.29, 0.717) is 12.2 Å². The summed E-state index contributed by atoms with van der Waals surface area (Å²) in [4.78, 5) is 0. The summed E-state index contributed by atoms with van der Waals surface area (Å²) in [7, 11) is 0. The van der Waals surface area contributed by atoms with Gasteiger partial charge in [0.25, 0.3) is 0 Å². The molecule has 1 saturated carbocycles. The van der Waals surface area contributed by atoms with E-state index >= 15 is 0 Å². The summed E-state index contributed by atoms with van der Waals surface area (Å²) in [5.41, 5.74) is 3.61. The Balaban J connectivity index is 1.52. The maximum Gasteiger partial charge on any atom is 0.123 e. The Labute approximate surface area is 149 Å². The van der Waals surface area contributed by atoms with Gasteiger partial charge in [-0.2, -0.15) is 0 Å². The molecule has 0 bridgehead atoms. The monoisotopic (exact) mass is 340 g/mol. The Morgan fingerprint density at radius 1 is 0.840 bits per heavy atom. The molecule has 0 amide bonds. The maximum atomic E-state index is 13.0. The van der Waals surface area contributed by atoms with E-state index in [1.165, 1.54) is 49.8 Å². The number of benzene rings is 2. The average Bonchev–Trinajstić information content (AvgIpc) is 2.67. The Bertz CT molecular complexity index is 662. The van der Waals surface area contributed by atoms with E-state index in [0.717, 1.165) is 29.9 Å². The summed E-state index contributed by atoms with van der Waals surface area (Å²) < 4.78 is 25.0. The Morgan fingerprint density at radius 3 is 2.04 bits per heavy atom. The van der Waals surface area contributed by atoms with Crippen molar-refractivity contribution in [1.29, 1.82) is 0 Å². The largest absolute Gasteiger partial charge is 0.216 e. The molecule has 2 aromatic carbocycles. The molecule has 2 heteroatoms. The van der Waals surface area contributed by atoms with Crippen LogP contribution in [0.25, 0.3) is 11.1 Å². The van der Waals surface area contributed by atoms with Crippen molar-refractivity contribution in [2.45, 2.75) is 50.9 Å². The topological polar surface area (TPSA) is 0 Å². The summed E-state index contributed by atoms with van der Waals surface area (Å²) >= 11 is 0. The van der Waals surface area contributed by atoms with Crippen molar-refractivity contribution in [3.05, 3.63) is 72.3 Å². The lowest BCUT2D eigenvalue weighted by atomic mass is 9.77. The fourth-order valence-corrected chi connectivity index (χ4v) is 3.96. The molecule has 0 saturated heterocycles. The van der Waals surface area contributed by atoms with E-state index < -0.39 is 0 Å². The molecule has 0 atom stereocenters. The molecule has 0 heterocycles. The molecule has 0 aliphatic heterocycles. The molecule has 0 aromatic heterocycles. The van der Waals surface area contributed by atoms with Crippen LogP contribution in [0.3, 0.4) is 0 Å². The summed E-state index contributed by atoms with van der Waals surface area (Å²) in [5, 5.41) is 0. The minimum atomic E-state index is -0.196. The second kappa shape index (κ2) is 8.94. The number of hydrogen-bond donors (Lipinski definition) is 0. The van der Waals surface area contributed by atoms with Crippen LogP contribution in [0.5, 0.6) is 0 Å². The van der Waals surface area contributed by atoms with Crippen molar-refractivity contribution in [3.8, 4) is 11.1 Å². The first-order chi connectivity index (χ1) is 12.3. The molecular formula is C23H26F2. The summed E-state index contributed by atoms with van der Waals surface area (Å²) in [6, 6.07) is 15.4. The van der Waals surface area contributed by atoms with Gasteiger partial charge in [0.2, 0.25) is 0 Å². The lowest BCUT2D eigenvalue weighted by molar-refractivity contribution is 0.305. The number of hydrogen-bond acceptors (Lipinski definition) is 0. The predicted molar refractivity (Wildman–Crippen MR) is 101 cm³/mol. The highest BCUT2D eigenvalue weighted by atomic mass is 19.1. The van der Waals surface area contributed by atoms with Gasteiger partial charge in [0.05, 0.1) is 6.33 Å². The Kier molecular flexibility index (Phi) is 6.38. The van der Waals surface area contributed by atoms with E-state index in [2.05, 4.69) is 24.3 Å². The van der Waals surface area contributed by atoms with Gasteiger partial charge in [-0.1, -0.05) is 48.9 Å². The molecule has 0 radical (unpaired) electrons. The van der Waals surface area contributed by atoms with Gasteiger partial charge in [-0.3, -0.25) is 0 Å². The highest BCUT2D eigenvalue weighted by Crippen LogP contribution is 2.38. The van der Waals surface area contributed by atoms with E-state index in [1.54, 1.807) is 6.08 Å². The van der Waals surface area contributed by atoms with Crippen molar-refractivity contribution in [2.24, 2.45) is 5.92 Å². The van der Waals surface area contributed by atoms with Crippen molar-refractivity contribution < 1.29 is 8.78 Å². The number of halogens is 2. The van der Waals surface area contributed by atoms with Crippen molar-refractivity contribution >= 4 is 0 Å². The highest BCUT2D eigenvalue weighted by molar-refractivity contribution is 5.63. The first kappa shape index (κ1) is 17.8. The quantitative estimate of drug-likeness (QED) is 0.480. The van der Waals surface area contributed by atoms with Crippen LogP contribution < -0.4 is 0 Å². The first-order valence-corrected chi connectivity index (χ1v) is 9.37. The smallest absolute Gasteiger partial charge is 0.123 e. The molecule has 0 spiro atoms.